The third-order valence-corrected chi connectivity index (χ3v) is 9.87. The second-order valence-electron chi connectivity index (χ2n) is 15.1. The van der Waals surface area contributed by atoms with Crippen LogP contribution in [0.25, 0.3) is 0 Å². The molecule has 1 heterocycles. The van der Waals surface area contributed by atoms with Crippen LogP contribution in [0.3, 0.4) is 0 Å². The van der Waals surface area contributed by atoms with Crippen molar-refractivity contribution in [2.24, 2.45) is 29.4 Å². The molecule has 4 atom stereocenters. The van der Waals surface area contributed by atoms with E-state index in [1.807, 2.05) is 20.8 Å². The van der Waals surface area contributed by atoms with Gasteiger partial charge in [-0.25, -0.2) is 4.79 Å². The Kier molecular flexibility index (Phi) is 17.6. The van der Waals surface area contributed by atoms with Gasteiger partial charge < -0.3 is 31.3 Å². The van der Waals surface area contributed by atoms with E-state index in [0.717, 1.165) is 50.9 Å². The minimum absolute atomic E-state index is 0.119. The van der Waals surface area contributed by atoms with Gasteiger partial charge in [-0.3, -0.25) is 24.0 Å². The van der Waals surface area contributed by atoms with Gasteiger partial charge in [0, 0.05) is 6.54 Å². The number of nitrogens with zero attached hydrogens (tertiary/aromatic N) is 1. The third-order valence-electron chi connectivity index (χ3n) is 9.87. The average Bonchev–Trinajstić information content (AvgIpc) is 3.56. The van der Waals surface area contributed by atoms with Gasteiger partial charge in [0.25, 0.3) is 5.91 Å². The van der Waals surface area contributed by atoms with E-state index in [4.69, 9.17) is 10.5 Å². The zero-order valence-corrected chi connectivity index (χ0v) is 31.2. The van der Waals surface area contributed by atoms with Crippen LogP contribution in [0.1, 0.15) is 138 Å². The number of nitrogens with two attached hydrogens (primary N) is 1. The van der Waals surface area contributed by atoms with Gasteiger partial charge in [-0.05, 0) is 70.1 Å². The molecule has 1 aliphatic heterocycles. The number of rotatable bonds is 12. The zero-order chi connectivity index (χ0) is 36.7. The summed E-state index contributed by atoms with van der Waals surface area (Å²) >= 11 is 0. The molecular weight excluding hydrogens is 626 g/mol. The predicted molar refractivity (Wildman–Crippen MR) is 189 cm³/mol. The normalized spacial score (nSPS) is 22.3. The van der Waals surface area contributed by atoms with E-state index < -0.39 is 53.3 Å². The molecule has 0 bridgehead atoms. The van der Waals surface area contributed by atoms with Gasteiger partial charge in [-0.15, -0.1) is 0 Å². The topological polar surface area (TPSA) is 177 Å². The van der Waals surface area contributed by atoms with Gasteiger partial charge in [-0.1, -0.05) is 91.9 Å². The molecule has 0 radical (unpaired) electrons. The number of Topliss-reactive ketones (excluding diaryl/α,β-unsaturated/α-hetero) is 1. The Labute approximate surface area is 294 Å². The second-order valence-corrected chi connectivity index (χ2v) is 15.1. The Morgan fingerprint density at radius 1 is 0.857 bits per heavy atom. The van der Waals surface area contributed by atoms with Crippen molar-refractivity contribution in [3.05, 3.63) is 0 Å². The zero-order valence-electron chi connectivity index (χ0n) is 31.2. The van der Waals surface area contributed by atoms with E-state index in [9.17, 15) is 28.8 Å². The molecule has 49 heavy (non-hydrogen) atoms. The monoisotopic (exact) mass is 691 g/mol. The van der Waals surface area contributed by atoms with Gasteiger partial charge in [0.15, 0.2) is 0 Å². The van der Waals surface area contributed by atoms with Gasteiger partial charge >= 0.3 is 12.0 Å². The number of carbonyl (C=O) groups excluding carboxylic acids is 6. The van der Waals surface area contributed by atoms with Crippen molar-refractivity contribution in [1.29, 1.82) is 0 Å². The maximum absolute atomic E-state index is 14.1. The summed E-state index contributed by atoms with van der Waals surface area (Å²) in [6.07, 6.45) is 13.8. The summed E-state index contributed by atoms with van der Waals surface area (Å²) in [5.41, 5.74) is 4.56. The molecular formula is C37H65N5O7. The van der Waals surface area contributed by atoms with E-state index in [1.54, 1.807) is 20.8 Å². The van der Waals surface area contributed by atoms with Crippen molar-refractivity contribution in [3.63, 3.8) is 0 Å². The number of ether oxygens (including phenoxy) is 1. The molecule has 4 aliphatic rings. The van der Waals surface area contributed by atoms with E-state index in [1.165, 1.54) is 30.6 Å². The van der Waals surface area contributed by atoms with Crippen molar-refractivity contribution in [3.8, 4) is 0 Å². The number of urea groups is 1. The molecule has 280 valence electrons. The molecule has 0 aromatic carbocycles. The number of likely N-dealkylation sites (tertiary alicyclic amines) is 1. The smallest absolute Gasteiger partial charge is 0.325 e. The van der Waals surface area contributed by atoms with Crippen LogP contribution in [0.5, 0.6) is 0 Å². The number of hydrogen-bond donors (Lipinski definition) is 4. The summed E-state index contributed by atoms with van der Waals surface area (Å²) in [6, 6.07) is -3.40. The number of ketones is 1. The molecule has 1 saturated heterocycles. The van der Waals surface area contributed by atoms with Crippen LogP contribution < -0.4 is 21.7 Å². The molecule has 0 aromatic rings. The highest BCUT2D eigenvalue weighted by molar-refractivity contribution is 6.37. The highest BCUT2D eigenvalue weighted by atomic mass is 16.6. The number of primary amides is 1. The molecule has 12 heteroatoms. The van der Waals surface area contributed by atoms with Crippen LogP contribution in [0, 0.1) is 23.7 Å². The fourth-order valence-electron chi connectivity index (χ4n) is 7.11. The minimum Gasteiger partial charge on any atom is -0.459 e. The fourth-order valence-corrected chi connectivity index (χ4v) is 7.11. The highest BCUT2D eigenvalue weighted by Gasteiger charge is 2.46. The summed E-state index contributed by atoms with van der Waals surface area (Å²) in [4.78, 5) is 78.3. The van der Waals surface area contributed by atoms with Gasteiger partial charge in [0.1, 0.15) is 24.2 Å². The third kappa shape index (κ3) is 14.3. The van der Waals surface area contributed by atoms with Crippen LogP contribution in [-0.2, 0) is 28.7 Å². The first-order chi connectivity index (χ1) is 23.2. The van der Waals surface area contributed by atoms with E-state index in [0.29, 0.717) is 25.8 Å². The van der Waals surface area contributed by atoms with E-state index in [2.05, 4.69) is 22.9 Å². The maximum Gasteiger partial charge on any atom is 0.325 e. The first-order valence-corrected chi connectivity index (χ1v) is 18.9. The lowest BCUT2D eigenvalue weighted by Crippen LogP contribution is -2.59. The second kappa shape index (κ2) is 20.5. The summed E-state index contributed by atoms with van der Waals surface area (Å²) in [5.74, 6) is -2.33. The van der Waals surface area contributed by atoms with Crippen molar-refractivity contribution < 1.29 is 33.5 Å². The lowest BCUT2D eigenvalue weighted by atomic mass is 9.83. The van der Waals surface area contributed by atoms with Crippen molar-refractivity contribution >= 4 is 35.5 Å². The number of nitrogens with one attached hydrogen (secondary N) is 3. The molecule has 2 unspecified atom stereocenters. The Morgan fingerprint density at radius 2 is 1.45 bits per heavy atom. The number of esters is 1. The Morgan fingerprint density at radius 3 is 1.94 bits per heavy atom. The van der Waals surface area contributed by atoms with Crippen LogP contribution in [0.4, 0.5) is 4.79 Å². The quantitative estimate of drug-likeness (QED) is 0.168. The van der Waals surface area contributed by atoms with E-state index >= 15 is 0 Å². The molecule has 0 aromatic heterocycles. The number of amides is 5. The summed E-state index contributed by atoms with van der Waals surface area (Å²) in [5, 5.41) is 8.01. The summed E-state index contributed by atoms with van der Waals surface area (Å²) in [6.45, 7) is 13.4. The van der Waals surface area contributed by atoms with Crippen LogP contribution in [0.2, 0.25) is 0 Å². The average molecular weight is 692 g/mol. The molecule has 12 nitrogen and oxygen atoms in total. The van der Waals surface area contributed by atoms with Crippen LogP contribution in [0.15, 0.2) is 0 Å². The Balaban J connectivity index is 0.000000923. The molecule has 4 fully saturated rings. The SMILES string of the molecule is CC.CC1CCCC1.CC[C@H]1CCN(C(=O)C(NC(=O)NCC(=O)OC(C)(C)C)C2CCCCC2)[C@@H]1C(=O)NC(CC1CC1)C(=O)C(N)=O. The maximum atomic E-state index is 14.1. The van der Waals surface area contributed by atoms with E-state index in [-0.39, 0.29) is 30.2 Å². The predicted octanol–water partition coefficient (Wildman–Crippen LogP) is 4.77. The fraction of sp³-hybridized carbons (Fsp3) is 0.838. The van der Waals surface area contributed by atoms with Gasteiger partial charge in [0.05, 0.1) is 6.04 Å². The number of carbonyl (C=O) groups is 6. The Hall–Kier alpha value is -3.18. The first kappa shape index (κ1) is 42.0. The van der Waals surface area contributed by atoms with Crippen molar-refractivity contribution in [1.82, 2.24) is 20.9 Å². The lowest BCUT2D eigenvalue weighted by molar-refractivity contribution is -0.153. The molecule has 0 spiro atoms. The molecule has 5 N–H and O–H groups in total. The lowest BCUT2D eigenvalue weighted by Gasteiger charge is -2.35. The summed E-state index contributed by atoms with van der Waals surface area (Å²) < 4.78 is 5.24. The van der Waals surface area contributed by atoms with Crippen molar-refractivity contribution in [2.75, 3.05) is 13.1 Å². The molecule has 3 aliphatic carbocycles. The number of hydrogen-bond acceptors (Lipinski definition) is 7. The highest BCUT2D eigenvalue weighted by Crippen LogP contribution is 2.35. The standard InChI is InChI=1S/C29H47N5O7.C6H12.C2H6/c1-5-18-13-14-34(23(18)26(38)32-20(15-17-11-12-17)24(36)25(30)37)27(39)22(19-9-7-6-8-10-19)33-28(40)31-16-21(35)41-29(2,3)4;1-6-4-2-3-5-6;1-2/h17-20,22-23H,5-16H2,1-4H3,(H2,30,37)(H,32,38)(H2,31,33,40);6H,2-5H2,1H3;1-2H3/t18-,20?,22?,23-;;/m0../s1. The minimum atomic E-state index is -1.10. The molecule has 5 amide bonds. The first-order valence-electron chi connectivity index (χ1n) is 18.9. The summed E-state index contributed by atoms with van der Waals surface area (Å²) in [7, 11) is 0. The van der Waals surface area contributed by atoms with Crippen molar-refractivity contribution in [2.45, 2.75) is 162 Å². The Bertz CT molecular complexity index is 1110. The van der Waals surface area contributed by atoms with Gasteiger partial charge in [-0.2, -0.15) is 0 Å². The largest absolute Gasteiger partial charge is 0.459 e. The van der Waals surface area contributed by atoms with Crippen LogP contribution in [-0.4, -0.2) is 77.2 Å². The van der Waals surface area contributed by atoms with Gasteiger partial charge in [0.2, 0.25) is 17.6 Å². The molecule has 4 rings (SSSR count). The van der Waals surface area contributed by atoms with Crippen LogP contribution >= 0.6 is 0 Å². The molecule has 3 saturated carbocycles.